The lowest BCUT2D eigenvalue weighted by Crippen LogP contribution is -2.35. The first kappa shape index (κ1) is 17.6. The van der Waals surface area contributed by atoms with Gasteiger partial charge in [0.2, 0.25) is 5.91 Å². The van der Waals surface area contributed by atoms with Gasteiger partial charge in [0.1, 0.15) is 17.8 Å². The standard InChI is InChI=1S/C15H28N4O2/c1-11(2)7-6-8-12(3)16-14(20)10-19-9-13(17-18-19)15(4,5)21/h9,11-12,21H,6-8,10H2,1-5H3,(H,16,20). The number of hydrogen-bond acceptors (Lipinski definition) is 4. The van der Waals surface area contributed by atoms with Crippen molar-refractivity contribution in [1.82, 2.24) is 20.3 Å². The first-order valence-corrected chi connectivity index (χ1v) is 7.61. The van der Waals surface area contributed by atoms with Crippen molar-refractivity contribution in [1.29, 1.82) is 0 Å². The van der Waals surface area contributed by atoms with E-state index in [-0.39, 0.29) is 18.5 Å². The van der Waals surface area contributed by atoms with E-state index in [9.17, 15) is 9.90 Å². The topological polar surface area (TPSA) is 80.0 Å². The molecule has 1 unspecified atom stereocenters. The van der Waals surface area contributed by atoms with Crippen molar-refractivity contribution in [2.45, 2.75) is 72.1 Å². The van der Waals surface area contributed by atoms with E-state index in [1.807, 2.05) is 6.92 Å². The quantitative estimate of drug-likeness (QED) is 0.767. The first-order valence-electron chi connectivity index (χ1n) is 7.61. The second-order valence-electron chi connectivity index (χ2n) is 6.65. The van der Waals surface area contributed by atoms with Crippen molar-refractivity contribution in [3.8, 4) is 0 Å². The monoisotopic (exact) mass is 296 g/mol. The zero-order valence-electron chi connectivity index (χ0n) is 13.8. The number of amides is 1. The predicted molar refractivity (Wildman–Crippen MR) is 81.6 cm³/mol. The average molecular weight is 296 g/mol. The summed E-state index contributed by atoms with van der Waals surface area (Å²) in [5.41, 5.74) is -0.584. The lowest BCUT2D eigenvalue weighted by Gasteiger charge is -2.14. The molecular formula is C15H28N4O2. The van der Waals surface area contributed by atoms with Crippen molar-refractivity contribution in [2.75, 3.05) is 0 Å². The highest BCUT2D eigenvalue weighted by molar-refractivity contribution is 5.75. The molecule has 1 amide bonds. The zero-order chi connectivity index (χ0) is 16.0. The Hall–Kier alpha value is -1.43. The Kier molecular flexibility index (Phi) is 6.33. The van der Waals surface area contributed by atoms with Gasteiger partial charge in [-0.3, -0.25) is 4.79 Å². The van der Waals surface area contributed by atoms with Crippen LogP contribution in [-0.2, 0) is 16.9 Å². The SMILES string of the molecule is CC(C)CCCC(C)NC(=O)Cn1cc(C(C)(C)O)nn1. The molecule has 0 saturated carbocycles. The van der Waals surface area contributed by atoms with Crippen LogP contribution in [0.3, 0.4) is 0 Å². The summed E-state index contributed by atoms with van der Waals surface area (Å²) in [6, 6.07) is 0.161. The number of aliphatic hydroxyl groups is 1. The van der Waals surface area contributed by atoms with Crippen molar-refractivity contribution < 1.29 is 9.90 Å². The summed E-state index contributed by atoms with van der Waals surface area (Å²) in [6.45, 7) is 9.82. The number of rotatable bonds is 8. The Morgan fingerprint density at radius 3 is 2.57 bits per heavy atom. The molecule has 1 aromatic rings. The lowest BCUT2D eigenvalue weighted by atomic mass is 10.0. The van der Waals surface area contributed by atoms with Crippen LogP contribution < -0.4 is 5.32 Å². The molecule has 0 aliphatic rings. The van der Waals surface area contributed by atoms with E-state index in [1.165, 1.54) is 11.1 Å². The minimum atomic E-state index is -1.04. The van der Waals surface area contributed by atoms with Gasteiger partial charge in [0.15, 0.2) is 0 Å². The highest BCUT2D eigenvalue weighted by Crippen LogP contribution is 2.15. The molecule has 0 aliphatic heterocycles. The fraction of sp³-hybridized carbons (Fsp3) is 0.800. The normalized spacial score (nSPS) is 13.5. The third kappa shape index (κ3) is 6.71. The molecule has 120 valence electrons. The molecular weight excluding hydrogens is 268 g/mol. The minimum absolute atomic E-state index is 0.0840. The van der Waals surface area contributed by atoms with Crippen LogP contribution in [0.15, 0.2) is 6.20 Å². The van der Waals surface area contributed by atoms with Crippen molar-refractivity contribution in [2.24, 2.45) is 5.92 Å². The van der Waals surface area contributed by atoms with Gasteiger partial charge < -0.3 is 10.4 Å². The molecule has 1 aromatic heterocycles. The Labute approximate surface area is 126 Å². The van der Waals surface area contributed by atoms with Gasteiger partial charge >= 0.3 is 0 Å². The maximum Gasteiger partial charge on any atom is 0.242 e. The van der Waals surface area contributed by atoms with Gasteiger partial charge in [0.05, 0.1) is 6.20 Å². The Bertz CT molecular complexity index is 449. The van der Waals surface area contributed by atoms with E-state index in [1.54, 1.807) is 20.0 Å². The smallest absolute Gasteiger partial charge is 0.242 e. The first-order chi connectivity index (χ1) is 9.68. The minimum Gasteiger partial charge on any atom is -0.384 e. The molecule has 0 saturated heterocycles. The molecule has 6 heteroatoms. The molecule has 1 heterocycles. The average Bonchev–Trinajstić information content (AvgIpc) is 2.76. The van der Waals surface area contributed by atoms with E-state index >= 15 is 0 Å². The van der Waals surface area contributed by atoms with Crippen LogP contribution in [0, 0.1) is 5.92 Å². The number of carbonyl (C=O) groups excluding carboxylic acids is 1. The van der Waals surface area contributed by atoms with Crippen molar-refractivity contribution >= 4 is 5.91 Å². The summed E-state index contributed by atoms with van der Waals surface area (Å²) in [7, 11) is 0. The molecule has 0 aromatic carbocycles. The third-order valence-corrected chi connectivity index (χ3v) is 3.30. The van der Waals surface area contributed by atoms with Crippen LogP contribution in [0.25, 0.3) is 0 Å². The summed E-state index contributed by atoms with van der Waals surface area (Å²) >= 11 is 0. The second-order valence-corrected chi connectivity index (χ2v) is 6.65. The van der Waals surface area contributed by atoms with Crippen LogP contribution >= 0.6 is 0 Å². The molecule has 0 aliphatic carbocycles. The summed E-state index contributed by atoms with van der Waals surface area (Å²) < 4.78 is 1.45. The van der Waals surface area contributed by atoms with Crippen LogP contribution in [-0.4, -0.2) is 32.0 Å². The van der Waals surface area contributed by atoms with Crippen molar-refractivity contribution in [3.63, 3.8) is 0 Å². The summed E-state index contributed by atoms with van der Waals surface area (Å²) in [4.78, 5) is 11.9. The molecule has 1 rings (SSSR count). The maximum atomic E-state index is 11.9. The molecule has 2 N–H and O–H groups in total. The van der Waals surface area contributed by atoms with E-state index < -0.39 is 5.60 Å². The molecule has 0 bridgehead atoms. The molecule has 0 fully saturated rings. The number of nitrogens with one attached hydrogen (secondary N) is 1. The number of nitrogens with zero attached hydrogens (tertiary/aromatic N) is 3. The predicted octanol–water partition coefficient (Wildman–Crippen LogP) is 1.84. The molecule has 0 radical (unpaired) electrons. The molecule has 21 heavy (non-hydrogen) atoms. The summed E-state index contributed by atoms with van der Waals surface area (Å²) in [5, 5.41) is 20.5. The van der Waals surface area contributed by atoms with Gasteiger partial charge in [-0.2, -0.15) is 0 Å². The van der Waals surface area contributed by atoms with Crippen LogP contribution in [0.5, 0.6) is 0 Å². The zero-order valence-corrected chi connectivity index (χ0v) is 13.8. The number of hydrogen-bond donors (Lipinski definition) is 2. The fourth-order valence-corrected chi connectivity index (χ4v) is 2.03. The second kappa shape index (κ2) is 7.54. The van der Waals surface area contributed by atoms with Gasteiger partial charge in [-0.05, 0) is 33.1 Å². The van der Waals surface area contributed by atoms with Crippen molar-refractivity contribution in [3.05, 3.63) is 11.9 Å². The highest BCUT2D eigenvalue weighted by Gasteiger charge is 2.20. The largest absolute Gasteiger partial charge is 0.384 e. The van der Waals surface area contributed by atoms with Crippen LogP contribution in [0.2, 0.25) is 0 Å². The van der Waals surface area contributed by atoms with Gasteiger partial charge in [-0.15, -0.1) is 5.10 Å². The summed E-state index contributed by atoms with van der Waals surface area (Å²) in [6.07, 6.45) is 4.88. The van der Waals surface area contributed by atoms with E-state index in [2.05, 4.69) is 29.5 Å². The van der Waals surface area contributed by atoms with Gasteiger partial charge in [0.25, 0.3) is 0 Å². The van der Waals surface area contributed by atoms with Gasteiger partial charge in [0, 0.05) is 6.04 Å². The number of carbonyl (C=O) groups is 1. The highest BCUT2D eigenvalue weighted by atomic mass is 16.3. The molecule has 0 spiro atoms. The maximum absolute atomic E-state index is 11.9. The van der Waals surface area contributed by atoms with Crippen LogP contribution in [0.1, 0.15) is 59.6 Å². The lowest BCUT2D eigenvalue weighted by molar-refractivity contribution is -0.122. The third-order valence-electron chi connectivity index (χ3n) is 3.30. The Morgan fingerprint density at radius 1 is 1.38 bits per heavy atom. The fourth-order valence-electron chi connectivity index (χ4n) is 2.03. The summed E-state index contributed by atoms with van der Waals surface area (Å²) in [5.74, 6) is 0.613. The van der Waals surface area contributed by atoms with E-state index in [0.29, 0.717) is 11.6 Å². The van der Waals surface area contributed by atoms with Gasteiger partial charge in [-0.1, -0.05) is 31.9 Å². The van der Waals surface area contributed by atoms with E-state index in [0.717, 1.165) is 12.8 Å². The number of aromatic nitrogens is 3. The molecule has 1 atom stereocenters. The van der Waals surface area contributed by atoms with Gasteiger partial charge in [-0.25, -0.2) is 4.68 Å². The Morgan fingerprint density at radius 2 is 2.05 bits per heavy atom. The van der Waals surface area contributed by atoms with E-state index in [4.69, 9.17) is 0 Å². The Balaban J connectivity index is 2.38. The van der Waals surface area contributed by atoms with Crippen LogP contribution in [0.4, 0.5) is 0 Å². The molecule has 6 nitrogen and oxygen atoms in total.